The predicted octanol–water partition coefficient (Wildman–Crippen LogP) is 8.74. The first-order valence-corrected chi connectivity index (χ1v) is 25.9. The zero-order valence-corrected chi connectivity index (χ0v) is 44.8. The summed E-state index contributed by atoms with van der Waals surface area (Å²) in [6.45, 7) is 20.6. The minimum Gasteiger partial charge on any atom is -0.460 e. The number of thiazole rings is 1. The fraction of sp³-hybridized carbons (Fsp3) is 0.636. The third-order valence-electron chi connectivity index (χ3n) is 13.8. The molecule has 1 fully saturated rings. The number of nitrogens with one attached hydrogen (secondary N) is 1. The number of benzene rings is 2. The number of carbonyl (C=O) groups is 5. The molecule has 69 heavy (non-hydrogen) atoms. The van der Waals surface area contributed by atoms with E-state index in [2.05, 4.69) is 24.1 Å². The molecule has 1 aliphatic rings. The van der Waals surface area contributed by atoms with Gasteiger partial charge in [0.1, 0.15) is 10.6 Å². The van der Waals surface area contributed by atoms with Gasteiger partial charge in [0.25, 0.3) is 0 Å². The summed E-state index contributed by atoms with van der Waals surface area (Å²) in [5.74, 6) is -2.13. The normalized spacial score (nSPS) is 17.8. The summed E-state index contributed by atoms with van der Waals surface area (Å²) in [4.78, 5) is 80.5. The molecule has 0 spiro atoms. The van der Waals surface area contributed by atoms with Crippen LogP contribution >= 0.6 is 11.3 Å². The lowest BCUT2D eigenvalue weighted by Gasteiger charge is -2.41. The number of hydrogen-bond acceptors (Lipinski definition) is 11. The van der Waals surface area contributed by atoms with Crippen LogP contribution in [0.3, 0.4) is 0 Å². The molecule has 13 nitrogen and oxygen atoms in total. The maximum Gasteiger partial charge on any atom is 0.310 e. The number of hydrogen-bond donors (Lipinski definition) is 1. The molecular formula is C55H83N5O8S. The monoisotopic (exact) mass is 974 g/mol. The van der Waals surface area contributed by atoms with Crippen molar-refractivity contribution in [1.82, 2.24) is 25.0 Å². The highest BCUT2D eigenvalue weighted by Crippen LogP contribution is 2.32. The average molecular weight is 974 g/mol. The molecule has 4 rings (SSSR count). The van der Waals surface area contributed by atoms with Gasteiger partial charge in [-0.1, -0.05) is 109 Å². The third-order valence-corrected chi connectivity index (χ3v) is 14.7. The molecule has 14 heteroatoms. The van der Waals surface area contributed by atoms with Crippen molar-refractivity contribution in [2.45, 2.75) is 163 Å². The molecule has 1 aromatic heterocycles. The number of methoxy groups -OCH3 is 2. The van der Waals surface area contributed by atoms with E-state index in [9.17, 15) is 24.0 Å². The Morgan fingerprint density at radius 1 is 0.884 bits per heavy atom. The smallest absolute Gasteiger partial charge is 0.310 e. The van der Waals surface area contributed by atoms with Gasteiger partial charge in [0.05, 0.1) is 55.1 Å². The van der Waals surface area contributed by atoms with E-state index in [4.69, 9.17) is 14.2 Å². The highest BCUT2D eigenvalue weighted by Gasteiger charge is 2.43. The van der Waals surface area contributed by atoms with Crippen molar-refractivity contribution in [3.63, 3.8) is 0 Å². The second-order valence-electron chi connectivity index (χ2n) is 20.9. The van der Waals surface area contributed by atoms with Crippen molar-refractivity contribution < 1.29 is 38.2 Å². The van der Waals surface area contributed by atoms with Crippen molar-refractivity contribution in [1.29, 1.82) is 0 Å². The zero-order valence-electron chi connectivity index (χ0n) is 44.0. The van der Waals surface area contributed by atoms with E-state index in [-0.39, 0.29) is 78.6 Å². The van der Waals surface area contributed by atoms with Crippen LogP contribution in [0.15, 0.2) is 66.2 Å². The maximum atomic E-state index is 14.8. The molecular weight excluding hydrogens is 891 g/mol. The van der Waals surface area contributed by atoms with E-state index in [0.717, 1.165) is 34.5 Å². The van der Waals surface area contributed by atoms with E-state index >= 15 is 0 Å². The molecule has 0 unspecified atom stereocenters. The van der Waals surface area contributed by atoms with Crippen molar-refractivity contribution in [2.75, 3.05) is 34.9 Å². The summed E-state index contributed by atoms with van der Waals surface area (Å²) in [5.41, 5.74) is 2.32. The Balaban J connectivity index is 1.47. The minimum absolute atomic E-state index is 0.0120. The number of nitrogens with zero attached hydrogens (tertiary/aromatic N) is 4. The quantitative estimate of drug-likeness (QED) is 0.0775. The van der Waals surface area contributed by atoms with Gasteiger partial charge in [0.15, 0.2) is 5.78 Å². The van der Waals surface area contributed by atoms with Crippen molar-refractivity contribution in [3.05, 3.63) is 87.9 Å². The van der Waals surface area contributed by atoms with Crippen LogP contribution in [0.5, 0.6) is 0 Å². The van der Waals surface area contributed by atoms with Gasteiger partial charge in [-0.15, -0.1) is 11.3 Å². The first-order valence-electron chi connectivity index (χ1n) is 25.0. The number of rotatable bonds is 26. The summed E-state index contributed by atoms with van der Waals surface area (Å²) in [5, 5.41) is 5.97. The van der Waals surface area contributed by atoms with E-state index in [1.165, 1.54) is 11.3 Å². The molecule has 3 aromatic rings. The number of esters is 1. The van der Waals surface area contributed by atoms with Crippen LogP contribution in [0.25, 0.3) is 0 Å². The molecule has 2 aromatic carbocycles. The Bertz CT molecular complexity index is 2090. The fourth-order valence-electron chi connectivity index (χ4n) is 10.2. The summed E-state index contributed by atoms with van der Waals surface area (Å²) < 4.78 is 17.8. The topological polar surface area (TPSA) is 148 Å². The average Bonchev–Trinajstić information content (AvgIpc) is 4.01. The van der Waals surface area contributed by atoms with Crippen LogP contribution in [0.1, 0.15) is 129 Å². The Hall–Kier alpha value is -4.50. The number of carbonyl (C=O) groups excluding carboxylic acids is 5. The van der Waals surface area contributed by atoms with Gasteiger partial charge >= 0.3 is 5.97 Å². The van der Waals surface area contributed by atoms with Crippen LogP contribution < -0.4 is 5.32 Å². The highest BCUT2D eigenvalue weighted by atomic mass is 32.1. The maximum absolute atomic E-state index is 14.8. The standard InChI is InChI=1S/C55H83N5O8S/c1-15-37(6)50(59(12)54(65)42(35(2)3)32-45(61)49(36(4)5)58(11)34-41-24-19-23-40(29-41)31-48(63)68-55(8,9)10)46(66-13)33-47(62)60-27-20-25-44(60)51(67-14)38(7)52(64)57-43(53-56-26-28-69-53)30-39-21-17-16-18-22-39/h16-19,21-24,26,28-29,35-38,42-44,46,49-51H,15,20,25,27,30-34H2,1-14H3,(H,57,64)/t37-,38+,42-,43-,44-,46+,49-,50-,51+/m0/s1. The van der Waals surface area contributed by atoms with Crippen molar-refractivity contribution >= 4 is 40.8 Å². The van der Waals surface area contributed by atoms with Gasteiger partial charge < -0.3 is 29.3 Å². The molecule has 0 bridgehead atoms. The molecule has 2 heterocycles. The summed E-state index contributed by atoms with van der Waals surface area (Å²) in [6.07, 6.45) is 3.57. The second kappa shape index (κ2) is 26.6. The summed E-state index contributed by atoms with van der Waals surface area (Å²) in [6, 6.07) is 16.2. The summed E-state index contributed by atoms with van der Waals surface area (Å²) in [7, 11) is 6.90. The summed E-state index contributed by atoms with van der Waals surface area (Å²) >= 11 is 1.50. The first-order chi connectivity index (χ1) is 32.6. The highest BCUT2D eigenvalue weighted by molar-refractivity contribution is 7.09. The number of likely N-dealkylation sites (N-methyl/N-ethyl adjacent to an activating group) is 2. The first kappa shape index (κ1) is 57.1. The second-order valence-corrected chi connectivity index (χ2v) is 21.8. The predicted molar refractivity (Wildman–Crippen MR) is 273 cm³/mol. The number of ketones is 1. The van der Waals surface area contributed by atoms with Crippen LogP contribution in [-0.4, -0.2) is 120 Å². The Morgan fingerprint density at radius 3 is 2.13 bits per heavy atom. The lowest BCUT2D eigenvalue weighted by atomic mass is 9.83. The molecule has 3 amide bonds. The number of amides is 3. The van der Waals surface area contributed by atoms with Crippen molar-refractivity contribution in [2.24, 2.45) is 29.6 Å². The molecule has 1 N–H and O–H groups in total. The van der Waals surface area contributed by atoms with Gasteiger partial charge in [0, 0.05) is 58.3 Å². The molecule has 9 atom stereocenters. The minimum atomic E-state index is -0.634. The molecule has 0 aliphatic carbocycles. The van der Waals surface area contributed by atoms with Crippen LogP contribution in [0, 0.1) is 29.6 Å². The molecule has 0 saturated carbocycles. The molecule has 1 aliphatic heterocycles. The van der Waals surface area contributed by atoms with Crippen LogP contribution in [0.2, 0.25) is 0 Å². The van der Waals surface area contributed by atoms with E-state index < -0.39 is 41.7 Å². The van der Waals surface area contributed by atoms with Crippen molar-refractivity contribution in [3.8, 4) is 0 Å². The van der Waals surface area contributed by atoms with Gasteiger partial charge in [-0.05, 0) is 81.5 Å². The number of likely N-dealkylation sites (tertiary alicyclic amines) is 1. The lowest BCUT2D eigenvalue weighted by Crippen LogP contribution is -2.54. The van der Waals surface area contributed by atoms with Gasteiger partial charge in [-0.3, -0.25) is 28.9 Å². The molecule has 0 radical (unpaired) electrons. The van der Waals surface area contributed by atoms with E-state index in [1.54, 1.807) is 32.4 Å². The SMILES string of the molecule is CC[C@H](C)[C@@H]([C@@H](CC(=O)N1CCC[C@H]1[C@H](OC)[C@@H](C)C(=O)N[C@@H](Cc1ccccc1)c1nccs1)OC)N(C)C(=O)[C@@H](CC(=O)[C@H](C(C)C)N(C)Cc1cccc(CC(=O)OC(C)(C)C)c1)C(C)C. The van der Waals surface area contributed by atoms with Gasteiger partial charge in [0.2, 0.25) is 17.7 Å². The fourth-order valence-corrected chi connectivity index (χ4v) is 10.9. The van der Waals surface area contributed by atoms with Gasteiger partial charge in [-0.2, -0.15) is 0 Å². The number of ether oxygens (including phenoxy) is 3. The Morgan fingerprint density at radius 2 is 1.55 bits per heavy atom. The zero-order chi connectivity index (χ0) is 51.2. The van der Waals surface area contributed by atoms with E-state index in [1.807, 2.05) is 132 Å². The Labute approximate surface area is 417 Å². The Kier molecular flexibility index (Phi) is 22.0. The van der Waals surface area contributed by atoms with Crippen LogP contribution in [-0.2, 0) is 57.6 Å². The molecule has 1 saturated heterocycles. The number of aromatic nitrogens is 1. The molecule has 382 valence electrons. The van der Waals surface area contributed by atoms with E-state index in [0.29, 0.717) is 25.9 Å². The largest absolute Gasteiger partial charge is 0.460 e. The third kappa shape index (κ3) is 16.3. The lowest BCUT2D eigenvalue weighted by molar-refractivity contribution is -0.154. The van der Waals surface area contributed by atoms with Gasteiger partial charge in [-0.25, -0.2) is 4.98 Å². The van der Waals surface area contributed by atoms with Crippen LogP contribution in [0.4, 0.5) is 0 Å². The number of Topliss-reactive ketones (excluding diaryl/α,β-unsaturated/α-hetero) is 1.